The number of aliphatic imine (C=N–C) groups is 2. The summed E-state index contributed by atoms with van der Waals surface area (Å²) in [5.74, 6) is -0.0476. The molecule has 0 saturated heterocycles. The quantitative estimate of drug-likeness (QED) is 0.751. The monoisotopic (exact) mass is 403 g/mol. The molecule has 1 aliphatic carbocycles. The summed E-state index contributed by atoms with van der Waals surface area (Å²) >= 11 is 3.10. The summed E-state index contributed by atoms with van der Waals surface area (Å²) in [5.41, 5.74) is 10.0. The van der Waals surface area contributed by atoms with E-state index in [0.29, 0.717) is 17.3 Å². The lowest BCUT2D eigenvalue weighted by molar-refractivity contribution is -0.137. The lowest BCUT2D eigenvalue weighted by Gasteiger charge is -2.46. The number of anilines is 1. The van der Waals surface area contributed by atoms with E-state index in [0.717, 1.165) is 25.3 Å². The third kappa shape index (κ3) is 2.97. The molecule has 4 N–H and O–H groups in total. The van der Waals surface area contributed by atoms with Crippen molar-refractivity contribution in [3.8, 4) is 0 Å². The van der Waals surface area contributed by atoms with Gasteiger partial charge in [0.1, 0.15) is 5.66 Å². The van der Waals surface area contributed by atoms with Crippen LogP contribution in [0.1, 0.15) is 37.7 Å². The molecule has 1 spiro atoms. The first kappa shape index (κ1) is 17.1. The number of benzene rings is 1. The summed E-state index contributed by atoms with van der Waals surface area (Å²) in [7, 11) is 0. The molecule has 0 bridgehead atoms. The summed E-state index contributed by atoms with van der Waals surface area (Å²) in [6, 6.07) is 3.99. The smallest absolute Gasteiger partial charge is 0.369 e. The fourth-order valence-corrected chi connectivity index (χ4v) is 3.76. The molecular weight excluding hydrogens is 387 g/mol. The third-order valence-corrected chi connectivity index (χ3v) is 4.85. The van der Waals surface area contributed by atoms with Crippen molar-refractivity contribution in [3.05, 3.63) is 28.2 Å². The van der Waals surface area contributed by atoms with Gasteiger partial charge in [-0.05, 0) is 43.9 Å². The van der Waals surface area contributed by atoms with Crippen LogP contribution in [0.5, 0.6) is 0 Å². The maximum absolute atomic E-state index is 13.6. The molecule has 0 atom stereocenters. The first-order chi connectivity index (χ1) is 11.2. The van der Waals surface area contributed by atoms with Gasteiger partial charge >= 0.3 is 6.18 Å². The number of nitrogens with zero attached hydrogens (tertiary/aromatic N) is 3. The van der Waals surface area contributed by atoms with Gasteiger partial charge in [-0.25, -0.2) is 4.99 Å². The van der Waals surface area contributed by atoms with Gasteiger partial charge in [-0.2, -0.15) is 18.2 Å². The minimum atomic E-state index is -4.53. The maximum atomic E-state index is 13.6. The van der Waals surface area contributed by atoms with Crippen LogP contribution < -0.4 is 16.4 Å². The standard InChI is InChI=1S/C15H17BrF3N5/c16-9-4-5-11(10(8-9)15(17,18)19)24-13(21)22-12(20)23-14(24)6-2-1-3-7-14/h4-5,8H,1-3,6-7H2,(H4,20,21,22,23). The SMILES string of the molecule is NC1=NC2(CCCCC2)N(c2ccc(Br)cc2C(F)(F)F)C(N)=N1. The molecule has 0 amide bonds. The number of halogens is 4. The number of hydrogen-bond donors (Lipinski definition) is 2. The van der Waals surface area contributed by atoms with E-state index in [9.17, 15) is 13.2 Å². The van der Waals surface area contributed by atoms with E-state index in [1.54, 1.807) is 6.07 Å². The fraction of sp³-hybridized carbons (Fsp3) is 0.467. The fourth-order valence-electron chi connectivity index (χ4n) is 3.40. The molecule has 1 aliphatic heterocycles. The first-order valence-corrected chi connectivity index (χ1v) is 8.39. The van der Waals surface area contributed by atoms with Crippen LogP contribution in [-0.4, -0.2) is 17.6 Å². The highest BCUT2D eigenvalue weighted by molar-refractivity contribution is 9.10. The Morgan fingerprint density at radius 3 is 2.42 bits per heavy atom. The number of guanidine groups is 2. The molecule has 130 valence electrons. The Labute approximate surface area is 145 Å². The predicted octanol–water partition coefficient (Wildman–Crippen LogP) is 3.58. The Morgan fingerprint density at radius 2 is 1.79 bits per heavy atom. The number of alkyl halides is 3. The van der Waals surface area contributed by atoms with E-state index in [1.807, 2.05) is 0 Å². The summed E-state index contributed by atoms with van der Waals surface area (Å²) in [6.45, 7) is 0. The minimum Gasteiger partial charge on any atom is -0.369 e. The Balaban J connectivity index is 2.18. The normalized spacial score (nSPS) is 20.8. The second-order valence-electron chi connectivity index (χ2n) is 5.98. The zero-order valence-electron chi connectivity index (χ0n) is 12.8. The Morgan fingerprint density at radius 1 is 1.12 bits per heavy atom. The molecule has 1 saturated carbocycles. The predicted molar refractivity (Wildman–Crippen MR) is 90.7 cm³/mol. The van der Waals surface area contributed by atoms with E-state index in [-0.39, 0.29) is 17.6 Å². The van der Waals surface area contributed by atoms with Crippen LogP contribution >= 0.6 is 15.9 Å². The van der Waals surface area contributed by atoms with Crippen molar-refractivity contribution in [2.75, 3.05) is 4.90 Å². The summed E-state index contributed by atoms with van der Waals surface area (Å²) < 4.78 is 41.0. The van der Waals surface area contributed by atoms with Crippen molar-refractivity contribution in [2.45, 2.75) is 43.9 Å². The van der Waals surface area contributed by atoms with Gasteiger partial charge in [0.05, 0.1) is 11.3 Å². The van der Waals surface area contributed by atoms with Crippen molar-refractivity contribution in [1.82, 2.24) is 0 Å². The van der Waals surface area contributed by atoms with Crippen molar-refractivity contribution in [1.29, 1.82) is 0 Å². The molecule has 0 aromatic heterocycles. The van der Waals surface area contributed by atoms with E-state index >= 15 is 0 Å². The molecule has 0 unspecified atom stereocenters. The lowest BCUT2D eigenvalue weighted by Crippen LogP contribution is -2.58. The van der Waals surface area contributed by atoms with Gasteiger partial charge in [-0.1, -0.05) is 22.4 Å². The highest BCUT2D eigenvalue weighted by atomic mass is 79.9. The maximum Gasteiger partial charge on any atom is 0.418 e. The average molecular weight is 404 g/mol. The van der Waals surface area contributed by atoms with Crippen molar-refractivity contribution >= 4 is 33.5 Å². The highest BCUT2D eigenvalue weighted by Gasteiger charge is 2.46. The van der Waals surface area contributed by atoms with Crippen LogP contribution in [0.3, 0.4) is 0 Å². The Hall–Kier alpha value is -1.77. The van der Waals surface area contributed by atoms with Gasteiger partial charge in [0.25, 0.3) is 0 Å². The molecule has 1 fully saturated rings. The zero-order valence-corrected chi connectivity index (χ0v) is 14.4. The molecule has 24 heavy (non-hydrogen) atoms. The van der Waals surface area contributed by atoms with Gasteiger partial charge in [-0.15, -0.1) is 0 Å². The topological polar surface area (TPSA) is 80.0 Å². The van der Waals surface area contributed by atoms with Gasteiger partial charge in [0.2, 0.25) is 11.9 Å². The van der Waals surface area contributed by atoms with Gasteiger partial charge < -0.3 is 11.5 Å². The molecular formula is C15H17BrF3N5. The Kier molecular flexibility index (Phi) is 4.23. The van der Waals surface area contributed by atoms with Crippen molar-refractivity contribution in [3.63, 3.8) is 0 Å². The molecule has 1 aromatic carbocycles. The molecule has 1 aromatic rings. The van der Waals surface area contributed by atoms with Crippen LogP contribution in [0.15, 0.2) is 32.7 Å². The lowest BCUT2D eigenvalue weighted by atomic mass is 9.87. The van der Waals surface area contributed by atoms with Crippen LogP contribution in [0, 0.1) is 0 Å². The second-order valence-corrected chi connectivity index (χ2v) is 6.89. The van der Waals surface area contributed by atoms with Crippen LogP contribution in [0.2, 0.25) is 0 Å². The van der Waals surface area contributed by atoms with Crippen LogP contribution in [-0.2, 0) is 6.18 Å². The summed E-state index contributed by atoms with van der Waals surface area (Å²) in [6.07, 6.45) is -0.665. The van der Waals surface area contributed by atoms with E-state index in [4.69, 9.17) is 11.5 Å². The molecule has 3 rings (SSSR count). The molecule has 9 heteroatoms. The number of rotatable bonds is 1. The third-order valence-electron chi connectivity index (χ3n) is 4.36. The molecule has 5 nitrogen and oxygen atoms in total. The van der Waals surface area contributed by atoms with Gasteiger partial charge in [0, 0.05) is 4.47 Å². The summed E-state index contributed by atoms with van der Waals surface area (Å²) in [5, 5.41) is 0. The number of nitrogens with two attached hydrogens (primary N) is 2. The van der Waals surface area contributed by atoms with Gasteiger partial charge in [0.15, 0.2) is 0 Å². The van der Waals surface area contributed by atoms with Gasteiger partial charge in [-0.3, -0.25) is 4.90 Å². The second kappa shape index (κ2) is 5.94. The Bertz CT molecular complexity index is 708. The van der Waals surface area contributed by atoms with Crippen molar-refractivity contribution < 1.29 is 13.2 Å². The molecule has 0 radical (unpaired) electrons. The highest BCUT2D eigenvalue weighted by Crippen LogP contribution is 2.45. The number of hydrogen-bond acceptors (Lipinski definition) is 5. The van der Waals surface area contributed by atoms with E-state index < -0.39 is 17.4 Å². The summed E-state index contributed by atoms with van der Waals surface area (Å²) in [4.78, 5) is 9.71. The largest absolute Gasteiger partial charge is 0.418 e. The molecule has 2 aliphatic rings. The van der Waals surface area contributed by atoms with Crippen LogP contribution in [0.25, 0.3) is 0 Å². The van der Waals surface area contributed by atoms with E-state index in [1.165, 1.54) is 11.0 Å². The van der Waals surface area contributed by atoms with E-state index in [2.05, 4.69) is 25.9 Å². The van der Waals surface area contributed by atoms with Crippen LogP contribution in [0.4, 0.5) is 18.9 Å². The molecule has 1 heterocycles. The minimum absolute atomic E-state index is 0.0105. The van der Waals surface area contributed by atoms with Crippen molar-refractivity contribution in [2.24, 2.45) is 21.5 Å². The average Bonchev–Trinajstić information content (AvgIpc) is 2.47. The zero-order chi connectivity index (χ0) is 17.5. The first-order valence-electron chi connectivity index (χ1n) is 7.59.